The molecule has 2 heterocycles. The first-order valence-corrected chi connectivity index (χ1v) is 16.6. The third-order valence-electron chi connectivity index (χ3n) is 8.55. The highest BCUT2D eigenvalue weighted by Gasteiger charge is 2.35. The molecule has 4 rings (SSSR count). The number of rotatable bonds is 13. The molecule has 2 aromatic carbocycles. The first-order chi connectivity index (χ1) is 22.4. The first-order valence-electron chi connectivity index (χ1n) is 16.6. The van der Waals surface area contributed by atoms with Crippen LogP contribution in [0, 0.1) is 11.8 Å². The van der Waals surface area contributed by atoms with Gasteiger partial charge < -0.3 is 29.9 Å². The molecule has 0 bridgehead atoms. The zero-order valence-corrected chi connectivity index (χ0v) is 28.2. The van der Waals surface area contributed by atoms with E-state index >= 15 is 0 Å². The molecular formula is C36H50N6O5. The number of ether oxygens (including phenoxy) is 1. The maximum absolute atomic E-state index is 14.1. The molecule has 4 atom stereocenters. The molecule has 254 valence electrons. The van der Waals surface area contributed by atoms with Crippen LogP contribution < -0.4 is 10.6 Å². The van der Waals surface area contributed by atoms with Gasteiger partial charge in [-0.05, 0) is 69.9 Å². The minimum atomic E-state index is -1.08. The second-order valence-corrected chi connectivity index (χ2v) is 13.8. The van der Waals surface area contributed by atoms with Gasteiger partial charge in [0.25, 0.3) is 0 Å². The number of carbonyl (C=O) groups is 3. The Balaban J connectivity index is 1.50. The molecule has 0 saturated carbocycles. The fraction of sp³-hybridized carbons (Fsp3) is 0.528. The number of carbonyl (C=O) groups excluding carboxylic acids is 3. The van der Waals surface area contributed by atoms with Crippen molar-refractivity contribution in [3.63, 3.8) is 0 Å². The van der Waals surface area contributed by atoms with Crippen LogP contribution in [0.3, 0.4) is 0 Å². The molecule has 1 aliphatic rings. The SMILES string of the molecule is CC(C)[C@H](NC(=O)C(Cc1ccccc1)CC(O)C(Cc1ccccc1)NC(=O)OC(C)(C)C)C(=O)N1CCC(n2cnnc2)CC1. The largest absolute Gasteiger partial charge is 0.444 e. The summed E-state index contributed by atoms with van der Waals surface area (Å²) in [4.78, 5) is 42.5. The van der Waals surface area contributed by atoms with E-state index in [1.54, 1.807) is 33.4 Å². The van der Waals surface area contributed by atoms with Crippen LogP contribution in [0.15, 0.2) is 73.3 Å². The monoisotopic (exact) mass is 646 g/mol. The van der Waals surface area contributed by atoms with Crippen molar-refractivity contribution in [2.45, 2.75) is 96.6 Å². The van der Waals surface area contributed by atoms with Crippen LogP contribution in [0.2, 0.25) is 0 Å². The van der Waals surface area contributed by atoms with Crippen molar-refractivity contribution in [3.05, 3.63) is 84.4 Å². The normalized spacial score (nSPS) is 16.6. The van der Waals surface area contributed by atoms with Crippen molar-refractivity contribution in [1.82, 2.24) is 30.3 Å². The smallest absolute Gasteiger partial charge is 0.407 e. The van der Waals surface area contributed by atoms with E-state index in [1.807, 2.05) is 84.0 Å². The topological polar surface area (TPSA) is 139 Å². The number of hydrogen-bond acceptors (Lipinski definition) is 7. The number of hydrogen-bond donors (Lipinski definition) is 3. The molecule has 0 radical (unpaired) electrons. The molecule has 1 aliphatic heterocycles. The Morgan fingerprint density at radius 2 is 1.45 bits per heavy atom. The standard InChI is InChI=1S/C36H50N6O5/c1-25(2)32(34(45)41-18-16-29(17-19-41)42-23-37-38-24-42)40-33(44)28(20-26-12-8-6-9-13-26)22-31(43)30(21-27-14-10-7-11-15-27)39-35(46)47-36(3,4)5/h6-15,23-25,28-32,43H,16-22H2,1-5H3,(H,39,46)(H,40,44)/t28?,30?,31?,32-/m0/s1. The van der Waals surface area contributed by atoms with Gasteiger partial charge in [0.05, 0.1) is 12.1 Å². The lowest BCUT2D eigenvalue weighted by Gasteiger charge is -2.36. The van der Waals surface area contributed by atoms with Gasteiger partial charge in [-0.25, -0.2) is 4.79 Å². The van der Waals surface area contributed by atoms with Gasteiger partial charge in [0, 0.05) is 25.0 Å². The van der Waals surface area contributed by atoms with E-state index in [1.165, 1.54) is 0 Å². The second-order valence-electron chi connectivity index (χ2n) is 13.8. The third-order valence-corrected chi connectivity index (χ3v) is 8.55. The molecular weight excluding hydrogens is 596 g/mol. The fourth-order valence-corrected chi connectivity index (χ4v) is 6.01. The molecule has 0 spiro atoms. The van der Waals surface area contributed by atoms with Crippen LogP contribution in [-0.2, 0) is 27.2 Å². The molecule has 1 fully saturated rings. The summed E-state index contributed by atoms with van der Waals surface area (Å²) < 4.78 is 7.48. The number of aromatic nitrogens is 3. The van der Waals surface area contributed by atoms with Crippen molar-refractivity contribution in [1.29, 1.82) is 0 Å². The highest BCUT2D eigenvalue weighted by Crippen LogP contribution is 2.24. The average molecular weight is 647 g/mol. The van der Waals surface area contributed by atoms with Crippen LogP contribution in [0.4, 0.5) is 4.79 Å². The lowest BCUT2D eigenvalue weighted by molar-refractivity contribution is -0.140. The summed E-state index contributed by atoms with van der Waals surface area (Å²) >= 11 is 0. The Kier molecular flexibility index (Phi) is 12.5. The van der Waals surface area contributed by atoms with Gasteiger partial charge in [-0.15, -0.1) is 10.2 Å². The molecule has 11 heteroatoms. The number of piperidine rings is 1. The highest BCUT2D eigenvalue weighted by molar-refractivity contribution is 5.89. The minimum absolute atomic E-state index is 0.0668. The number of alkyl carbamates (subject to hydrolysis) is 1. The molecule has 3 aromatic rings. The van der Waals surface area contributed by atoms with Crippen molar-refractivity contribution in [2.24, 2.45) is 11.8 Å². The van der Waals surface area contributed by atoms with Crippen LogP contribution in [0.25, 0.3) is 0 Å². The number of benzene rings is 2. The number of likely N-dealkylation sites (tertiary alicyclic amines) is 1. The Labute approximate surface area is 278 Å². The van der Waals surface area contributed by atoms with E-state index in [4.69, 9.17) is 4.74 Å². The van der Waals surface area contributed by atoms with Gasteiger partial charge in [-0.2, -0.15) is 0 Å². The zero-order valence-electron chi connectivity index (χ0n) is 28.2. The predicted molar refractivity (Wildman–Crippen MR) is 179 cm³/mol. The average Bonchev–Trinajstić information content (AvgIpc) is 3.58. The Morgan fingerprint density at radius 1 is 0.894 bits per heavy atom. The summed E-state index contributed by atoms with van der Waals surface area (Å²) in [6.45, 7) is 10.3. The Hall–Kier alpha value is -4.25. The molecule has 3 N–H and O–H groups in total. The van der Waals surface area contributed by atoms with Gasteiger partial charge in [-0.1, -0.05) is 74.5 Å². The lowest BCUT2D eigenvalue weighted by atomic mass is 9.88. The second kappa shape index (κ2) is 16.5. The van der Waals surface area contributed by atoms with Crippen molar-refractivity contribution in [2.75, 3.05) is 13.1 Å². The number of amides is 3. The third kappa shape index (κ3) is 10.9. The van der Waals surface area contributed by atoms with Gasteiger partial charge in [0.15, 0.2) is 0 Å². The molecule has 3 amide bonds. The van der Waals surface area contributed by atoms with Crippen LogP contribution >= 0.6 is 0 Å². The Morgan fingerprint density at radius 3 is 1.98 bits per heavy atom. The van der Waals surface area contributed by atoms with E-state index in [0.29, 0.717) is 25.9 Å². The Bertz CT molecular complexity index is 1400. The summed E-state index contributed by atoms with van der Waals surface area (Å²) in [5.41, 5.74) is 1.14. The van der Waals surface area contributed by atoms with Crippen LogP contribution in [0.5, 0.6) is 0 Å². The molecule has 11 nitrogen and oxygen atoms in total. The van der Waals surface area contributed by atoms with Crippen LogP contribution in [0.1, 0.15) is 71.0 Å². The molecule has 0 aliphatic carbocycles. The molecule has 1 saturated heterocycles. The van der Waals surface area contributed by atoms with Crippen molar-refractivity contribution >= 4 is 17.9 Å². The van der Waals surface area contributed by atoms with Crippen molar-refractivity contribution < 1.29 is 24.2 Å². The van der Waals surface area contributed by atoms with Crippen LogP contribution in [-0.4, -0.2) is 79.6 Å². The molecule has 1 aromatic heterocycles. The van der Waals surface area contributed by atoms with Gasteiger partial charge in [0.1, 0.15) is 24.3 Å². The zero-order chi connectivity index (χ0) is 34.0. The highest BCUT2D eigenvalue weighted by atomic mass is 16.6. The summed E-state index contributed by atoms with van der Waals surface area (Å²) in [6, 6.07) is 18.0. The quantitative estimate of drug-likeness (QED) is 0.251. The van der Waals surface area contributed by atoms with Gasteiger partial charge in [0.2, 0.25) is 11.8 Å². The fourth-order valence-electron chi connectivity index (χ4n) is 6.01. The molecule has 47 heavy (non-hydrogen) atoms. The summed E-state index contributed by atoms with van der Waals surface area (Å²) in [6.07, 6.45) is 4.01. The van der Waals surface area contributed by atoms with E-state index in [9.17, 15) is 19.5 Å². The summed E-state index contributed by atoms with van der Waals surface area (Å²) in [5, 5.41) is 25.4. The lowest BCUT2D eigenvalue weighted by Crippen LogP contribution is -2.54. The maximum Gasteiger partial charge on any atom is 0.407 e. The van der Waals surface area contributed by atoms with Gasteiger partial charge >= 0.3 is 6.09 Å². The van der Waals surface area contributed by atoms with E-state index in [-0.39, 0.29) is 30.2 Å². The number of nitrogens with zero attached hydrogens (tertiary/aromatic N) is 4. The summed E-state index contributed by atoms with van der Waals surface area (Å²) in [7, 11) is 0. The van der Waals surface area contributed by atoms with Crippen molar-refractivity contribution in [3.8, 4) is 0 Å². The number of aliphatic hydroxyl groups is 1. The predicted octanol–water partition coefficient (Wildman–Crippen LogP) is 4.33. The summed E-state index contributed by atoms with van der Waals surface area (Å²) in [5.74, 6) is -1.23. The van der Waals surface area contributed by atoms with E-state index in [2.05, 4.69) is 20.8 Å². The van der Waals surface area contributed by atoms with E-state index in [0.717, 1.165) is 24.0 Å². The number of nitrogens with one attached hydrogen (secondary N) is 2. The minimum Gasteiger partial charge on any atom is -0.444 e. The molecule has 3 unspecified atom stereocenters. The number of aliphatic hydroxyl groups excluding tert-OH is 1. The maximum atomic E-state index is 14.1. The van der Waals surface area contributed by atoms with Gasteiger partial charge in [-0.3, -0.25) is 9.59 Å². The first kappa shape index (κ1) is 35.6. The van der Waals surface area contributed by atoms with E-state index < -0.39 is 35.8 Å².